The third-order valence-electron chi connectivity index (χ3n) is 13.5. The summed E-state index contributed by atoms with van der Waals surface area (Å²) < 4.78 is 0. The quantitative estimate of drug-likeness (QED) is 0.409. The molecule has 12 atom stereocenters. The molecule has 0 aromatic rings. The number of hydrogen-bond acceptors (Lipinski definition) is 4. The number of aliphatic carboxylic acids is 1. The molecule has 35 heavy (non-hydrogen) atoms. The van der Waals surface area contributed by atoms with Gasteiger partial charge in [0.05, 0.1) is 17.6 Å². The van der Waals surface area contributed by atoms with Crippen LogP contribution in [0.3, 0.4) is 0 Å². The molecule has 5 aliphatic carbocycles. The Morgan fingerprint density at radius 1 is 1.00 bits per heavy atom. The predicted molar refractivity (Wildman–Crippen MR) is 135 cm³/mol. The molecule has 0 aromatic heterocycles. The molecule has 0 saturated heterocycles. The van der Waals surface area contributed by atoms with Crippen LogP contribution in [-0.4, -0.2) is 45.2 Å². The van der Waals surface area contributed by atoms with Crippen LogP contribution in [0.5, 0.6) is 0 Å². The van der Waals surface area contributed by atoms with E-state index in [1.54, 1.807) is 12.5 Å². The molecule has 198 valence electrons. The summed E-state index contributed by atoms with van der Waals surface area (Å²) >= 11 is 0. The van der Waals surface area contributed by atoms with Crippen LogP contribution in [0.15, 0.2) is 11.6 Å². The van der Waals surface area contributed by atoms with E-state index in [0.717, 1.165) is 19.3 Å². The van der Waals surface area contributed by atoms with Crippen molar-refractivity contribution in [2.24, 2.45) is 56.7 Å². The van der Waals surface area contributed by atoms with E-state index in [2.05, 4.69) is 40.7 Å². The number of carboxylic acids is 1. The molecule has 0 aromatic carbocycles. The van der Waals surface area contributed by atoms with Crippen molar-refractivity contribution >= 4 is 5.97 Å². The van der Waals surface area contributed by atoms with Crippen LogP contribution in [0, 0.1) is 56.7 Å². The molecule has 5 nitrogen and oxygen atoms in total. The van der Waals surface area contributed by atoms with Gasteiger partial charge in [-0.05, 0) is 104 Å². The normalized spacial score (nSPS) is 57.7. The number of carbonyl (C=O) groups is 1. The molecule has 0 bridgehead atoms. The van der Waals surface area contributed by atoms with Crippen LogP contribution in [-0.2, 0) is 4.79 Å². The lowest BCUT2D eigenvalue weighted by molar-refractivity contribution is -0.253. The van der Waals surface area contributed by atoms with Crippen molar-refractivity contribution in [2.75, 3.05) is 6.61 Å². The molecule has 4 fully saturated rings. The van der Waals surface area contributed by atoms with Crippen LogP contribution in [0.4, 0.5) is 0 Å². The fourth-order valence-electron chi connectivity index (χ4n) is 10.9. The van der Waals surface area contributed by atoms with E-state index in [-0.39, 0.29) is 35.7 Å². The van der Waals surface area contributed by atoms with Gasteiger partial charge >= 0.3 is 5.97 Å². The van der Waals surface area contributed by atoms with Crippen LogP contribution in [0.25, 0.3) is 0 Å². The highest BCUT2D eigenvalue weighted by atomic mass is 16.4. The Balaban J connectivity index is 1.64. The van der Waals surface area contributed by atoms with E-state index in [4.69, 9.17) is 0 Å². The van der Waals surface area contributed by atoms with Crippen molar-refractivity contribution in [1.29, 1.82) is 0 Å². The number of fused-ring (bicyclic) bond motifs is 7. The SMILES string of the molecule is C[C@H]1[C@H](C)CC[C@]2(C)CC[C@]3(C)C(=CC[C@@H]4[C@@]5(CO)C[C@H](O)[C@H](O)C(C)(C(=O)O)C5CC[C@]43C)[C@H]12. The first-order chi connectivity index (χ1) is 16.2. The Hall–Kier alpha value is -0.910. The van der Waals surface area contributed by atoms with Crippen LogP contribution >= 0.6 is 0 Å². The first kappa shape index (κ1) is 25.7. The van der Waals surface area contributed by atoms with Gasteiger partial charge in [-0.15, -0.1) is 0 Å². The summed E-state index contributed by atoms with van der Waals surface area (Å²) in [5, 5.41) is 43.2. The minimum atomic E-state index is -1.47. The summed E-state index contributed by atoms with van der Waals surface area (Å²) in [6.45, 7) is 13.7. The number of rotatable bonds is 2. The first-order valence-electron chi connectivity index (χ1n) is 14.1. The maximum Gasteiger partial charge on any atom is 0.312 e. The lowest BCUT2D eigenvalue weighted by atomic mass is 9.33. The third-order valence-corrected chi connectivity index (χ3v) is 13.5. The number of allylic oxidation sites excluding steroid dienone is 2. The summed E-state index contributed by atoms with van der Waals surface area (Å²) in [5.74, 6) is 0.585. The number of carboxylic acid groups (broad SMARTS) is 1. The minimum Gasteiger partial charge on any atom is -0.481 e. The first-order valence-corrected chi connectivity index (χ1v) is 14.1. The van der Waals surface area contributed by atoms with Crippen molar-refractivity contribution in [1.82, 2.24) is 0 Å². The molecule has 0 heterocycles. The van der Waals surface area contributed by atoms with Gasteiger partial charge in [0.1, 0.15) is 0 Å². The third kappa shape index (κ3) is 2.95. The maximum atomic E-state index is 12.6. The van der Waals surface area contributed by atoms with Gasteiger partial charge in [0, 0.05) is 12.0 Å². The summed E-state index contributed by atoms with van der Waals surface area (Å²) in [4.78, 5) is 12.6. The predicted octanol–water partition coefficient (Wildman–Crippen LogP) is 5.03. The van der Waals surface area contributed by atoms with E-state index >= 15 is 0 Å². The van der Waals surface area contributed by atoms with Gasteiger partial charge in [0.2, 0.25) is 0 Å². The second-order valence-corrected chi connectivity index (χ2v) is 14.5. The van der Waals surface area contributed by atoms with Crippen LogP contribution in [0.2, 0.25) is 0 Å². The Bertz CT molecular complexity index is 930. The second kappa shape index (κ2) is 7.80. The number of aliphatic hydroxyl groups excluding tert-OH is 3. The highest BCUT2D eigenvalue weighted by Gasteiger charge is 2.72. The second-order valence-electron chi connectivity index (χ2n) is 14.5. The van der Waals surface area contributed by atoms with Gasteiger partial charge in [0.25, 0.3) is 0 Å². The molecule has 5 aliphatic rings. The minimum absolute atomic E-state index is 0.000800. The fourth-order valence-corrected chi connectivity index (χ4v) is 10.9. The van der Waals surface area contributed by atoms with Crippen molar-refractivity contribution in [3.05, 3.63) is 11.6 Å². The van der Waals surface area contributed by atoms with E-state index < -0.39 is 29.0 Å². The van der Waals surface area contributed by atoms with Crippen molar-refractivity contribution in [3.63, 3.8) is 0 Å². The molecule has 0 spiro atoms. The lowest BCUT2D eigenvalue weighted by Crippen LogP contribution is -2.70. The molecule has 5 heteroatoms. The molecule has 5 rings (SSSR count). The summed E-state index contributed by atoms with van der Waals surface area (Å²) in [7, 11) is 0. The van der Waals surface area contributed by atoms with Gasteiger partial charge in [-0.1, -0.05) is 46.3 Å². The Labute approximate surface area is 211 Å². The largest absolute Gasteiger partial charge is 0.481 e. The maximum absolute atomic E-state index is 12.6. The van der Waals surface area contributed by atoms with E-state index in [0.29, 0.717) is 29.6 Å². The molecular formula is C30H48O5. The number of hydrogen-bond donors (Lipinski definition) is 4. The summed E-state index contributed by atoms with van der Waals surface area (Å²) in [6.07, 6.45) is 7.64. The highest BCUT2D eigenvalue weighted by Crippen LogP contribution is 2.75. The zero-order valence-corrected chi connectivity index (χ0v) is 22.7. The summed E-state index contributed by atoms with van der Waals surface area (Å²) in [6, 6.07) is 0. The van der Waals surface area contributed by atoms with E-state index in [1.165, 1.54) is 19.3 Å². The summed E-state index contributed by atoms with van der Waals surface area (Å²) in [5.41, 5.74) is -0.285. The Morgan fingerprint density at radius 3 is 2.31 bits per heavy atom. The Kier molecular flexibility index (Phi) is 5.73. The van der Waals surface area contributed by atoms with Gasteiger partial charge in [0.15, 0.2) is 0 Å². The standard InChI is InChI=1S/C30H48O5/c1-17-9-11-26(3)13-14-27(4)19(23(26)18(17)2)7-8-21-28(27,5)12-10-22-29(6,25(34)35)24(33)20(32)15-30(21,22)16-31/h7,17-18,20-24,31-33H,8-16H2,1-6H3,(H,34,35)/t17-,18+,20+,21+,22?,23+,24+,26-,27-,28-,29?,30+/m1/s1. The lowest BCUT2D eigenvalue weighted by Gasteiger charge is -2.71. The molecular weight excluding hydrogens is 440 g/mol. The van der Waals surface area contributed by atoms with Gasteiger partial charge in [-0.25, -0.2) is 0 Å². The smallest absolute Gasteiger partial charge is 0.312 e. The zero-order valence-electron chi connectivity index (χ0n) is 22.7. The average Bonchev–Trinajstić information content (AvgIpc) is 2.80. The monoisotopic (exact) mass is 488 g/mol. The van der Waals surface area contributed by atoms with Crippen molar-refractivity contribution in [3.8, 4) is 0 Å². The topological polar surface area (TPSA) is 98.0 Å². The Morgan fingerprint density at radius 2 is 1.69 bits per heavy atom. The van der Waals surface area contributed by atoms with E-state index in [9.17, 15) is 25.2 Å². The highest BCUT2D eigenvalue weighted by molar-refractivity contribution is 5.76. The van der Waals surface area contributed by atoms with E-state index in [1.807, 2.05) is 0 Å². The molecule has 4 N–H and O–H groups in total. The van der Waals surface area contributed by atoms with Crippen LogP contribution in [0.1, 0.15) is 92.9 Å². The molecule has 0 radical (unpaired) electrons. The molecule has 2 unspecified atom stereocenters. The molecule has 0 aliphatic heterocycles. The van der Waals surface area contributed by atoms with Crippen molar-refractivity contribution < 1.29 is 25.2 Å². The van der Waals surface area contributed by atoms with Gasteiger partial charge in [-0.3, -0.25) is 4.79 Å². The molecule has 4 saturated carbocycles. The number of aliphatic hydroxyl groups is 3. The fraction of sp³-hybridized carbons (Fsp3) is 0.900. The van der Waals surface area contributed by atoms with Crippen LogP contribution < -0.4 is 0 Å². The molecule has 0 amide bonds. The zero-order chi connectivity index (χ0) is 25.8. The average molecular weight is 489 g/mol. The van der Waals surface area contributed by atoms with Gasteiger partial charge < -0.3 is 20.4 Å². The van der Waals surface area contributed by atoms with Gasteiger partial charge in [-0.2, -0.15) is 0 Å². The van der Waals surface area contributed by atoms with Crippen molar-refractivity contribution in [2.45, 2.75) is 105 Å².